The van der Waals surface area contributed by atoms with E-state index < -0.39 is 6.04 Å². The van der Waals surface area contributed by atoms with Gasteiger partial charge in [-0.05, 0) is 12.3 Å². The van der Waals surface area contributed by atoms with E-state index in [-0.39, 0.29) is 18.3 Å². The fraction of sp³-hybridized carbons (Fsp3) is 0.375. The van der Waals surface area contributed by atoms with Gasteiger partial charge in [-0.25, -0.2) is 4.98 Å². The number of hydrogen-bond acceptors (Lipinski definition) is 4. The molecule has 0 spiro atoms. The van der Waals surface area contributed by atoms with Crippen LogP contribution in [0, 0.1) is 5.92 Å². The largest absolute Gasteiger partial charge is 0.349 e. The van der Waals surface area contributed by atoms with Crippen LogP contribution < -0.4 is 11.1 Å². The first kappa shape index (κ1) is 18.6. The molecule has 2 aromatic rings. The van der Waals surface area contributed by atoms with Crippen LogP contribution in [0.1, 0.15) is 26.0 Å². The lowest BCUT2D eigenvalue weighted by Crippen LogP contribution is -2.41. The predicted octanol–water partition coefficient (Wildman–Crippen LogP) is 3.22. The standard InChI is InChI=1S/C16H21N3OS.ClH/c1-11(2)8-14(17)15(20)18-9-13-10-21-16(19-13)12-6-4-3-5-7-12;/h3-7,10-11,14H,8-9,17H2,1-2H3,(H,18,20);1H/t14-;/m0./s1. The quantitative estimate of drug-likeness (QED) is 0.849. The molecule has 3 N–H and O–H groups in total. The predicted molar refractivity (Wildman–Crippen MR) is 94.1 cm³/mol. The van der Waals surface area contributed by atoms with Crippen molar-refractivity contribution in [3.8, 4) is 10.6 Å². The first-order valence-electron chi connectivity index (χ1n) is 7.09. The summed E-state index contributed by atoms with van der Waals surface area (Å²) in [4.78, 5) is 16.4. The van der Waals surface area contributed by atoms with E-state index in [0.29, 0.717) is 18.9 Å². The van der Waals surface area contributed by atoms with Gasteiger partial charge in [0.05, 0.1) is 18.3 Å². The zero-order valence-electron chi connectivity index (χ0n) is 12.8. The molecule has 0 fully saturated rings. The highest BCUT2D eigenvalue weighted by molar-refractivity contribution is 7.13. The van der Waals surface area contributed by atoms with E-state index >= 15 is 0 Å². The molecule has 22 heavy (non-hydrogen) atoms. The number of nitrogens with zero attached hydrogens (tertiary/aromatic N) is 1. The van der Waals surface area contributed by atoms with Crippen molar-refractivity contribution in [3.63, 3.8) is 0 Å². The number of halogens is 1. The first-order valence-corrected chi connectivity index (χ1v) is 7.97. The number of rotatable bonds is 6. The summed E-state index contributed by atoms with van der Waals surface area (Å²) in [7, 11) is 0. The average Bonchev–Trinajstić information content (AvgIpc) is 2.94. The number of aromatic nitrogens is 1. The summed E-state index contributed by atoms with van der Waals surface area (Å²) in [6.07, 6.45) is 0.693. The molecule has 0 aliphatic heterocycles. The third kappa shape index (κ3) is 5.40. The maximum atomic E-state index is 11.9. The maximum absolute atomic E-state index is 11.9. The molecule has 1 aromatic heterocycles. The van der Waals surface area contributed by atoms with Gasteiger partial charge in [-0.2, -0.15) is 0 Å². The summed E-state index contributed by atoms with van der Waals surface area (Å²) in [5, 5.41) is 5.78. The molecule has 6 heteroatoms. The summed E-state index contributed by atoms with van der Waals surface area (Å²) in [6.45, 7) is 4.54. The van der Waals surface area contributed by atoms with E-state index in [0.717, 1.165) is 16.3 Å². The van der Waals surface area contributed by atoms with Crippen LogP contribution in [-0.2, 0) is 11.3 Å². The normalized spacial score (nSPS) is 11.8. The van der Waals surface area contributed by atoms with E-state index in [2.05, 4.69) is 24.1 Å². The minimum Gasteiger partial charge on any atom is -0.349 e. The van der Waals surface area contributed by atoms with Crippen LogP contribution in [0.15, 0.2) is 35.7 Å². The lowest BCUT2D eigenvalue weighted by Gasteiger charge is -2.13. The van der Waals surface area contributed by atoms with Crippen LogP contribution >= 0.6 is 23.7 Å². The van der Waals surface area contributed by atoms with Gasteiger partial charge in [0.25, 0.3) is 0 Å². The number of hydrogen-bond donors (Lipinski definition) is 2. The Hall–Kier alpha value is -1.43. The number of nitrogens with one attached hydrogen (secondary N) is 1. The molecule has 1 aromatic carbocycles. The lowest BCUT2D eigenvalue weighted by atomic mass is 10.0. The lowest BCUT2D eigenvalue weighted by molar-refractivity contribution is -0.122. The van der Waals surface area contributed by atoms with Gasteiger partial charge >= 0.3 is 0 Å². The van der Waals surface area contributed by atoms with Crippen molar-refractivity contribution in [1.82, 2.24) is 10.3 Å². The van der Waals surface area contributed by atoms with E-state index in [4.69, 9.17) is 5.73 Å². The minimum absolute atomic E-state index is 0. The van der Waals surface area contributed by atoms with E-state index in [9.17, 15) is 4.79 Å². The minimum atomic E-state index is -0.447. The smallest absolute Gasteiger partial charge is 0.237 e. The third-order valence-corrected chi connectivity index (χ3v) is 4.02. The van der Waals surface area contributed by atoms with Crippen molar-refractivity contribution in [2.24, 2.45) is 11.7 Å². The molecule has 0 aliphatic rings. The molecule has 4 nitrogen and oxygen atoms in total. The molecular weight excluding hydrogens is 318 g/mol. The monoisotopic (exact) mass is 339 g/mol. The van der Waals surface area contributed by atoms with Crippen molar-refractivity contribution in [2.75, 3.05) is 0 Å². The average molecular weight is 340 g/mol. The second-order valence-electron chi connectivity index (χ2n) is 5.46. The molecule has 1 atom stereocenters. The Morgan fingerprint density at radius 2 is 2.00 bits per heavy atom. The molecule has 120 valence electrons. The van der Waals surface area contributed by atoms with Gasteiger partial charge in [-0.3, -0.25) is 4.79 Å². The number of thiazole rings is 1. The van der Waals surface area contributed by atoms with Gasteiger partial charge in [0.2, 0.25) is 5.91 Å². The van der Waals surface area contributed by atoms with Crippen LogP contribution in [-0.4, -0.2) is 16.9 Å². The molecule has 0 bridgehead atoms. The highest BCUT2D eigenvalue weighted by atomic mass is 35.5. The van der Waals surface area contributed by atoms with Gasteiger partial charge in [0.1, 0.15) is 5.01 Å². The molecule has 0 saturated heterocycles. The molecule has 0 saturated carbocycles. The summed E-state index contributed by atoms with van der Waals surface area (Å²) in [5.74, 6) is 0.299. The van der Waals surface area contributed by atoms with Crippen molar-refractivity contribution >= 4 is 29.7 Å². The van der Waals surface area contributed by atoms with Crippen molar-refractivity contribution in [1.29, 1.82) is 0 Å². The third-order valence-electron chi connectivity index (χ3n) is 3.08. The van der Waals surface area contributed by atoms with Crippen LogP contribution in [0.4, 0.5) is 0 Å². The number of nitrogens with two attached hydrogens (primary N) is 1. The number of amides is 1. The molecule has 2 rings (SSSR count). The Morgan fingerprint density at radius 3 is 2.64 bits per heavy atom. The zero-order chi connectivity index (χ0) is 15.2. The van der Waals surface area contributed by atoms with Crippen LogP contribution in [0.2, 0.25) is 0 Å². The molecule has 0 aliphatic carbocycles. The highest BCUT2D eigenvalue weighted by Crippen LogP contribution is 2.23. The summed E-state index contributed by atoms with van der Waals surface area (Å²) >= 11 is 1.58. The van der Waals surface area contributed by atoms with E-state index in [1.807, 2.05) is 35.7 Å². The fourth-order valence-electron chi connectivity index (χ4n) is 2.03. The van der Waals surface area contributed by atoms with Gasteiger partial charge in [-0.15, -0.1) is 23.7 Å². The molecule has 0 radical (unpaired) electrons. The fourth-order valence-corrected chi connectivity index (χ4v) is 2.85. The zero-order valence-corrected chi connectivity index (χ0v) is 14.4. The highest BCUT2D eigenvalue weighted by Gasteiger charge is 2.15. The molecule has 0 unspecified atom stereocenters. The van der Waals surface area contributed by atoms with Crippen LogP contribution in [0.5, 0.6) is 0 Å². The van der Waals surface area contributed by atoms with Gasteiger partial charge < -0.3 is 11.1 Å². The van der Waals surface area contributed by atoms with E-state index in [1.54, 1.807) is 11.3 Å². The van der Waals surface area contributed by atoms with Crippen molar-refractivity contribution in [2.45, 2.75) is 32.9 Å². The van der Waals surface area contributed by atoms with Crippen LogP contribution in [0.25, 0.3) is 10.6 Å². The van der Waals surface area contributed by atoms with Crippen molar-refractivity contribution < 1.29 is 4.79 Å². The SMILES string of the molecule is CC(C)C[C@H](N)C(=O)NCc1csc(-c2ccccc2)n1.Cl. The first-order chi connectivity index (χ1) is 10.1. The van der Waals surface area contributed by atoms with Gasteiger partial charge in [0, 0.05) is 10.9 Å². The van der Waals surface area contributed by atoms with Gasteiger partial charge in [-0.1, -0.05) is 44.2 Å². The number of carbonyl (C=O) groups is 1. The Balaban J connectivity index is 0.00000242. The Kier molecular flexibility index (Phi) is 7.51. The van der Waals surface area contributed by atoms with Crippen molar-refractivity contribution in [3.05, 3.63) is 41.4 Å². The summed E-state index contributed by atoms with van der Waals surface area (Å²) in [6, 6.07) is 9.57. The van der Waals surface area contributed by atoms with Crippen LogP contribution in [0.3, 0.4) is 0 Å². The Bertz CT molecular complexity index is 586. The molecular formula is C16H22ClN3OS. The van der Waals surface area contributed by atoms with Gasteiger partial charge in [0.15, 0.2) is 0 Å². The molecule has 1 heterocycles. The topological polar surface area (TPSA) is 68.0 Å². The number of carbonyl (C=O) groups excluding carboxylic acids is 1. The second-order valence-corrected chi connectivity index (χ2v) is 6.32. The molecule has 1 amide bonds. The Morgan fingerprint density at radius 1 is 1.32 bits per heavy atom. The summed E-state index contributed by atoms with van der Waals surface area (Å²) < 4.78 is 0. The summed E-state index contributed by atoms with van der Waals surface area (Å²) in [5.41, 5.74) is 7.81. The van der Waals surface area contributed by atoms with E-state index in [1.165, 1.54) is 0 Å². The number of benzene rings is 1. The second kappa shape index (κ2) is 8.88. The Labute approximate surface area is 141 Å². The maximum Gasteiger partial charge on any atom is 0.237 e.